The third-order valence-corrected chi connectivity index (χ3v) is 4.52. The molecule has 0 saturated carbocycles. The molecule has 1 atom stereocenters. The van der Waals surface area contributed by atoms with Crippen LogP contribution >= 0.6 is 11.8 Å². The maximum atomic E-state index is 11.7. The monoisotopic (exact) mass is 319 g/mol. The molecular weight excluding hydrogens is 302 g/mol. The van der Waals surface area contributed by atoms with Gasteiger partial charge in [0.25, 0.3) is 0 Å². The van der Waals surface area contributed by atoms with Crippen LogP contribution in [-0.4, -0.2) is 36.4 Å². The lowest BCUT2D eigenvalue weighted by Crippen LogP contribution is -2.18. The SMILES string of the molecule is COC(=O)C1=CC=CCC1SCc1ccc(C(=O)OC)cn1. The predicted molar refractivity (Wildman–Crippen MR) is 84.5 cm³/mol. The smallest absolute Gasteiger partial charge is 0.339 e. The number of allylic oxidation sites excluding steroid dienone is 3. The largest absolute Gasteiger partial charge is 0.466 e. The Bertz CT molecular complexity index is 607. The molecule has 0 fully saturated rings. The highest BCUT2D eigenvalue weighted by atomic mass is 32.2. The molecule has 1 unspecified atom stereocenters. The lowest BCUT2D eigenvalue weighted by molar-refractivity contribution is -0.136. The van der Waals surface area contributed by atoms with Crippen molar-refractivity contribution in [3.63, 3.8) is 0 Å². The second-order valence-corrected chi connectivity index (χ2v) is 5.80. The van der Waals surface area contributed by atoms with E-state index in [0.29, 0.717) is 16.9 Å². The number of aromatic nitrogens is 1. The van der Waals surface area contributed by atoms with Gasteiger partial charge in [0, 0.05) is 17.2 Å². The number of ether oxygens (including phenoxy) is 2. The molecule has 1 aromatic rings. The summed E-state index contributed by atoms with van der Waals surface area (Å²) in [5.41, 5.74) is 1.93. The summed E-state index contributed by atoms with van der Waals surface area (Å²) in [5.74, 6) is -0.0511. The molecule has 6 heteroatoms. The van der Waals surface area contributed by atoms with E-state index in [-0.39, 0.29) is 11.2 Å². The zero-order valence-electron chi connectivity index (χ0n) is 12.4. The highest BCUT2D eigenvalue weighted by molar-refractivity contribution is 7.99. The first-order valence-electron chi connectivity index (χ1n) is 6.75. The second kappa shape index (κ2) is 7.79. The maximum absolute atomic E-state index is 11.7. The van der Waals surface area contributed by atoms with Crippen LogP contribution in [0.25, 0.3) is 0 Å². The molecule has 0 saturated heterocycles. The maximum Gasteiger partial charge on any atom is 0.339 e. The van der Waals surface area contributed by atoms with Crippen LogP contribution in [0.5, 0.6) is 0 Å². The van der Waals surface area contributed by atoms with Gasteiger partial charge in [-0.2, -0.15) is 0 Å². The van der Waals surface area contributed by atoms with Gasteiger partial charge in [0.05, 0.1) is 31.1 Å². The molecule has 0 amide bonds. The van der Waals surface area contributed by atoms with Gasteiger partial charge in [0.2, 0.25) is 0 Å². The number of hydrogen-bond acceptors (Lipinski definition) is 6. The van der Waals surface area contributed by atoms with Crippen LogP contribution in [0, 0.1) is 0 Å². The fourth-order valence-electron chi connectivity index (χ4n) is 2.02. The molecule has 0 bridgehead atoms. The molecule has 1 heterocycles. The Morgan fingerprint density at radius 3 is 2.68 bits per heavy atom. The van der Waals surface area contributed by atoms with E-state index in [0.717, 1.165) is 12.1 Å². The van der Waals surface area contributed by atoms with Gasteiger partial charge in [0.15, 0.2) is 0 Å². The molecule has 1 aromatic heterocycles. The normalized spacial score (nSPS) is 16.8. The summed E-state index contributed by atoms with van der Waals surface area (Å²) in [4.78, 5) is 27.3. The van der Waals surface area contributed by atoms with Gasteiger partial charge in [-0.15, -0.1) is 11.8 Å². The number of hydrogen-bond donors (Lipinski definition) is 0. The Morgan fingerprint density at radius 2 is 2.05 bits per heavy atom. The molecule has 0 spiro atoms. The number of nitrogens with zero attached hydrogens (tertiary/aromatic N) is 1. The topological polar surface area (TPSA) is 65.5 Å². The summed E-state index contributed by atoms with van der Waals surface area (Å²) >= 11 is 1.62. The number of thioether (sulfide) groups is 1. The van der Waals surface area contributed by atoms with Crippen molar-refractivity contribution in [3.05, 3.63) is 53.4 Å². The molecule has 1 aliphatic rings. The Hall–Kier alpha value is -2.08. The average Bonchev–Trinajstić information content (AvgIpc) is 2.59. The zero-order valence-corrected chi connectivity index (χ0v) is 13.3. The van der Waals surface area contributed by atoms with Gasteiger partial charge in [-0.3, -0.25) is 4.98 Å². The van der Waals surface area contributed by atoms with Gasteiger partial charge >= 0.3 is 11.9 Å². The number of carbonyl (C=O) groups is 2. The Balaban J connectivity index is 1.97. The van der Waals surface area contributed by atoms with E-state index < -0.39 is 5.97 Å². The van der Waals surface area contributed by atoms with Crippen LogP contribution in [0.4, 0.5) is 0 Å². The standard InChI is InChI=1S/C16H17NO4S/c1-20-15(18)11-7-8-12(17-9-11)10-22-14-6-4-3-5-13(14)16(19)21-2/h3-5,7-9,14H,6,10H2,1-2H3. The third-order valence-electron chi connectivity index (χ3n) is 3.21. The fraction of sp³-hybridized carbons (Fsp3) is 0.312. The van der Waals surface area contributed by atoms with E-state index in [1.165, 1.54) is 20.4 Å². The summed E-state index contributed by atoms with van der Waals surface area (Å²) in [5, 5.41) is 0.0551. The Morgan fingerprint density at radius 1 is 1.27 bits per heavy atom. The second-order valence-electron chi connectivity index (χ2n) is 4.61. The third kappa shape index (κ3) is 3.98. The first-order chi connectivity index (χ1) is 10.7. The molecule has 0 N–H and O–H groups in total. The van der Waals surface area contributed by atoms with Crippen molar-refractivity contribution in [2.75, 3.05) is 14.2 Å². The van der Waals surface area contributed by atoms with E-state index in [1.807, 2.05) is 12.2 Å². The van der Waals surface area contributed by atoms with Gasteiger partial charge in [0.1, 0.15) is 0 Å². The number of methoxy groups -OCH3 is 2. The van der Waals surface area contributed by atoms with E-state index in [2.05, 4.69) is 9.72 Å². The minimum Gasteiger partial charge on any atom is -0.466 e. The number of esters is 2. The molecule has 22 heavy (non-hydrogen) atoms. The molecule has 0 radical (unpaired) electrons. The van der Waals surface area contributed by atoms with E-state index in [4.69, 9.17) is 4.74 Å². The lowest BCUT2D eigenvalue weighted by Gasteiger charge is -2.19. The highest BCUT2D eigenvalue weighted by Gasteiger charge is 2.22. The van der Waals surface area contributed by atoms with Crippen LogP contribution in [0.3, 0.4) is 0 Å². The van der Waals surface area contributed by atoms with Crippen LogP contribution in [0.15, 0.2) is 42.1 Å². The van der Waals surface area contributed by atoms with Gasteiger partial charge in [-0.1, -0.05) is 18.2 Å². The molecule has 0 aliphatic heterocycles. The lowest BCUT2D eigenvalue weighted by atomic mass is 10.1. The van der Waals surface area contributed by atoms with Gasteiger partial charge < -0.3 is 9.47 Å². The number of rotatable bonds is 5. The summed E-state index contributed by atoms with van der Waals surface area (Å²) in [6.07, 6.45) is 7.97. The average molecular weight is 319 g/mol. The highest BCUT2D eigenvalue weighted by Crippen LogP contribution is 2.29. The predicted octanol–water partition coefficient (Wildman–Crippen LogP) is 2.53. The zero-order chi connectivity index (χ0) is 15.9. The summed E-state index contributed by atoms with van der Waals surface area (Å²) in [6, 6.07) is 3.48. The molecule has 1 aliphatic carbocycles. The van der Waals surface area contributed by atoms with E-state index in [9.17, 15) is 9.59 Å². The Kier molecular flexibility index (Phi) is 5.77. The van der Waals surface area contributed by atoms with Crippen molar-refractivity contribution in [1.29, 1.82) is 0 Å². The first kappa shape index (κ1) is 16.3. The van der Waals surface area contributed by atoms with Crippen molar-refractivity contribution in [1.82, 2.24) is 4.98 Å². The molecule has 2 rings (SSSR count). The summed E-state index contributed by atoms with van der Waals surface area (Å²) < 4.78 is 9.44. The van der Waals surface area contributed by atoms with E-state index in [1.54, 1.807) is 30.0 Å². The molecule has 5 nitrogen and oxygen atoms in total. The summed E-state index contributed by atoms with van der Waals surface area (Å²) in [6.45, 7) is 0. The van der Waals surface area contributed by atoms with Crippen LogP contribution in [0.1, 0.15) is 22.5 Å². The minimum absolute atomic E-state index is 0.0551. The van der Waals surface area contributed by atoms with Crippen molar-refractivity contribution < 1.29 is 19.1 Å². The molecular formula is C16H17NO4S. The van der Waals surface area contributed by atoms with Crippen LogP contribution in [0.2, 0.25) is 0 Å². The van der Waals surface area contributed by atoms with Crippen LogP contribution < -0.4 is 0 Å². The fourth-order valence-corrected chi connectivity index (χ4v) is 3.16. The van der Waals surface area contributed by atoms with E-state index >= 15 is 0 Å². The van der Waals surface area contributed by atoms with Gasteiger partial charge in [-0.05, 0) is 18.6 Å². The van der Waals surface area contributed by atoms with Crippen molar-refractivity contribution in [3.8, 4) is 0 Å². The van der Waals surface area contributed by atoms with Gasteiger partial charge in [-0.25, -0.2) is 9.59 Å². The first-order valence-corrected chi connectivity index (χ1v) is 7.80. The van der Waals surface area contributed by atoms with Crippen molar-refractivity contribution >= 4 is 23.7 Å². The Labute approximate surface area is 133 Å². The number of pyridine rings is 1. The minimum atomic E-state index is -0.403. The van der Waals surface area contributed by atoms with Crippen molar-refractivity contribution in [2.24, 2.45) is 0 Å². The quantitative estimate of drug-likeness (QED) is 0.777. The van der Waals surface area contributed by atoms with Crippen LogP contribution in [-0.2, 0) is 20.0 Å². The van der Waals surface area contributed by atoms with Crippen molar-refractivity contribution in [2.45, 2.75) is 17.4 Å². The molecule has 116 valence electrons. The summed E-state index contributed by atoms with van der Waals surface area (Å²) in [7, 11) is 2.72. The molecule has 0 aromatic carbocycles. The number of carbonyl (C=O) groups excluding carboxylic acids is 2.